The molecule has 2 fully saturated rings. The van der Waals surface area contributed by atoms with Crippen LogP contribution in [-0.4, -0.2) is 69.9 Å². The van der Waals surface area contributed by atoms with Gasteiger partial charge in [0.15, 0.2) is 12.2 Å². The Labute approximate surface area is 181 Å². The summed E-state index contributed by atoms with van der Waals surface area (Å²) in [5, 5.41) is 4.88. The van der Waals surface area contributed by atoms with E-state index in [0.717, 1.165) is 36.7 Å². The molecule has 3 aromatic heterocycles. The van der Waals surface area contributed by atoms with E-state index in [9.17, 15) is 4.79 Å². The van der Waals surface area contributed by atoms with Gasteiger partial charge in [0.2, 0.25) is 5.91 Å². The summed E-state index contributed by atoms with van der Waals surface area (Å²) in [4.78, 5) is 30.6. The number of hydrogen-bond donors (Lipinski definition) is 1. The molecule has 5 heterocycles. The average Bonchev–Trinajstić information content (AvgIpc) is 3.34. The number of piperidine rings is 2. The molecule has 162 valence electrons. The zero-order valence-electron chi connectivity index (χ0n) is 17.8. The van der Waals surface area contributed by atoms with Gasteiger partial charge < -0.3 is 19.5 Å². The van der Waals surface area contributed by atoms with Crippen LogP contribution < -0.4 is 5.32 Å². The second-order valence-corrected chi connectivity index (χ2v) is 8.69. The molecule has 0 spiro atoms. The first-order chi connectivity index (χ1) is 15.2. The Morgan fingerprint density at radius 2 is 1.77 bits per heavy atom. The number of carbonyl (C=O) groups excluding carboxylic acids is 1. The van der Waals surface area contributed by atoms with Gasteiger partial charge in [-0.15, -0.1) is 0 Å². The van der Waals surface area contributed by atoms with Crippen LogP contribution in [0.25, 0.3) is 22.2 Å². The van der Waals surface area contributed by atoms with Gasteiger partial charge in [0.1, 0.15) is 11.5 Å². The molecule has 8 nitrogen and oxygen atoms in total. The number of anilines is 1. The summed E-state index contributed by atoms with van der Waals surface area (Å²) >= 11 is 0. The number of nitrogens with one attached hydrogen (secondary N) is 1. The molecule has 2 aliphatic rings. The topological polar surface area (TPSA) is 87.4 Å². The van der Waals surface area contributed by atoms with Crippen molar-refractivity contribution in [1.82, 2.24) is 24.8 Å². The first kappa shape index (κ1) is 20.1. The second-order valence-electron chi connectivity index (χ2n) is 8.69. The molecule has 1 N–H and O–H groups in total. The fraction of sp³-hybridized carbons (Fsp3) is 0.478. The van der Waals surface area contributed by atoms with Gasteiger partial charge in [-0.25, -0.2) is 9.97 Å². The molecule has 0 saturated carbocycles. The zero-order valence-corrected chi connectivity index (χ0v) is 17.8. The van der Waals surface area contributed by atoms with E-state index in [2.05, 4.69) is 37.1 Å². The molecule has 2 saturated heterocycles. The molecular weight excluding hydrogens is 392 g/mol. The third-order valence-corrected chi connectivity index (χ3v) is 6.64. The molecule has 0 atom stereocenters. The Kier molecular flexibility index (Phi) is 5.65. The number of oxazole rings is 1. The van der Waals surface area contributed by atoms with Crippen LogP contribution in [-0.2, 0) is 4.79 Å². The predicted molar refractivity (Wildman–Crippen MR) is 118 cm³/mol. The van der Waals surface area contributed by atoms with Crippen molar-refractivity contribution in [3.8, 4) is 11.5 Å². The first-order valence-corrected chi connectivity index (χ1v) is 11.0. The van der Waals surface area contributed by atoms with E-state index in [0.29, 0.717) is 23.3 Å². The van der Waals surface area contributed by atoms with Crippen molar-refractivity contribution in [3.63, 3.8) is 0 Å². The summed E-state index contributed by atoms with van der Waals surface area (Å²) < 4.78 is 5.33. The van der Waals surface area contributed by atoms with Crippen LogP contribution in [0.15, 0.2) is 41.5 Å². The molecule has 0 unspecified atom stereocenters. The molecule has 2 aliphatic heterocycles. The highest BCUT2D eigenvalue weighted by Crippen LogP contribution is 2.26. The highest BCUT2D eigenvalue weighted by molar-refractivity contribution is 5.94. The van der Waals surface area contributed by atoms with E-state index in [4.69, 9.17) is 4.42 Å². The van der Waals surface area contributed by atoms with Gasteiger partial charge >= 0.3 is 0 Å². The van der Waals surface area contributed by atoms with Crippen molar-refractivity contribution in [1.29, 1.82) is 0 Å². The number of aromatic nitrogens is 3. The Bertz CT molecular complexity index is 1040. The number of nitrogens with zero attached hydrogens (tertiary/aromatic N) is 5. The van der Waals surface area contributed by atoms with Gasteiger partial charge in [0, 0.05) is 29.7 Å². The van der Waals surface area contributed by atoms with E-state index in [-0.39, 0.29) is 11.8 Å². The summed E-state index contributed by atoms with van der Waals surface area (Å²) in [7, 11) is 2.19. The van der Waals surface area contributed by atoms with Crippen LogP contribution in [0.5, 0.6) is 0 Å². The van der Waals surface area contributed by atoms with Crippen LogP contribution in [0.2, 0.25) is 0 Å². The molecular formula is C23H28N6O2. The van der Waals surface area contributed by atoms with Crippen molar-refractivity contribution in [2.24, 2.45) is 5.92 Å². The minimum Gasteiger partial charge on any atom is -0.442 e. The highest BCUT2D eigenvalue weighted by atomic mass is 16.3. The minimum atomic E-state index is 0.0437. The molecule has 3 aromatic rings. The van der Waals surface area contributed by atoms with E-state index in [1.807, 2.05) is 12.1 Å². The number of likely N-dealkylation sites (tertiary alicyclic amines) is 2. The molecule has 0 radical (unpaired) electrons. The van der Waals surface area contributed by atoms with Gasteiger partial charge in [-0.3, -0.25) is 9.78 Å². The number of amides is 1. The summed E-state index contributed by atoms with van der Waals surface area (Å²) in [5.41, 5.74) is 0.703. The SMILES string of the molecule is CN1CCC(N2CCC(C(=O)Nc3cc4cc(-c5cnco5)ncc4cn3)CC2)CC1. The molecule has 5 rings (SSSR count). The molecule has 0 aromatic carbocycles. The number of carbonyl (C=O) groups is 1. The minimum absolute atomic E-state index is 0.0437. The van der Waals surface area contributed by atoms with Crippen LogP contribution in [0.3, 0.4) is 0 Å². The van der Waals surface area contributed by atoms with Crippen LogP contribution in [0.1, 0.15) is 25.7 Å². The zero-order chi connectivity index (χ0) is 21.2. The normalized spacial score (nSPS) is 19.6. The van der Waals surface area contributed by atoms with Crippen molar-refractivity contribution >= 4 is 22.5 Å². The maximum absolute atomic E-state index is 12.9. The summed E-state index contributed by atoms with van der Waals surface area (Å²) in [6, 6.07) is 4.49. The summed E-state index contributed by atoms with van der Waals surface area (Å²) in [5.74, 6) is 1.30. The number of pyridine rings is 2. The smallest absolute Gasteiger partial charge is 0.228 e. The van der Waals surface area contributed by atoms with Crippen molar-refractivity contribution < 1.29 is 9.21 Å². The van der Waals surface area contributed by atoms with E-state index in [1.165, 1.54) is 32.3 Å². The fourth-order valence-corrected chi connectivity index (χ4v) is 4.70. The van der Waals surface area contributed by atoms with Crippen LogP contribution >= 0.6 is 0 Å². The maximum Gasteiger partial charge on any atom is 0.228 e. The monoisotopic (exact) mass is 420 g/mol. The highest BCUT2D eigenvalue weighted by Gasteiger charge is 2.30. The van der Waals surface area contributed by atoms with E-state index < -0.39 is 0 Å². The maximum atomic E-state index is 12.9. The van der Waals surface area contributed by atoms with Gasteiger partial charge in [-0.05, 0) is 76.4 Å². The lowest BCUT2D eigenvalue weighted by Gasteiger charge is -2.40. The average molecular weight is 421 g/mol. The predicted octanol–water partition coefficient (Wildman–Crippen LogP) is 3.03. The summed E-state index contributed by atoms with van der Waals surface area (Å²) in [6.45, 7) is 4.35. The van der Waals surface area contributed by atoms with Gasteiger partial charge in [-0.1, -0.05) is 0 Å². The third-order valence-electron chi connectivity index (χ3n) is 6.64. The fourth-order valence-electron chi connectivity index (χ4n) is 4.70. The number of fused-ring (bicyclic) bond motifs is 1. The Morgan fingerprint density at radius 3 is 2.52 bits per heavy atom. The molecule has 0 bridgehead atoms. The largest absolute Gasteiger partial charge is 0.442 e. The molecule has 1 amide bonds. The van der Waals surface area contributed by atoms with E-state index in [1.54, 1.807) is 18.6 Å². The first-order valence-electron chi connectivity index (χ1n) is 11.0. The van der Waals surface area contributed by atoms with Crippen LogP contribution in [0.4, 0.5) is 5.82 Å². The molecule has 0 aliphatic carbocycles. The quantitative estimate of drug-likeness (QED) is 0.694. The second kappa shape index (κ2) is 8.72. The molecule has 31 heavy (non-hydrogen) atoms. The lowest BCUT2D eigenvalue weighted by molar-refractivity contribution is -0.121. The Morgan fingerprint density at radius 1 is 1.00 bits per heavy atom. The Balaban J connectivity index is 1.21. The third kappa shape index (κ3) is 4.45. The van der Waals surface area contributed by atoms with Gasteiger partial charge in [0.25, 0.3) is 0 Å². The van der Waals surface area contributed by atoms with Crippen LogP contribution in [0, 0.1) is 5.92 Å². The number of rotatable bonds is 4. The van der Waals surface area contributed by atoms with Crippen molar-refractivity contribution in [3.05, 3.63) is 37.1 Å². The van der Waals surface area contributed by atoms with Crippen molar-refractivity contribution in [2.45, 2.75) is 31.7 Å². The molecule has 8 heteroatoms. The van der Waals surface area contributed by atoms with Crippen molar-refractivity contribution in [2.75, 3.05) is 38.5 Å². The van der Waals surface area contributed by atoms with Gasteiger partial charge in [-0.2, -0.15) is 0 Å². The van der Waals surface area contributed by atoms with E-state index >= 15 is 0 Å². The number of hydrogen-bond acceptors (Lipinski definition) is 7. The Hall–Kier alpha value is -2.84. The summed E-state index contributed by atoms with van der Waals surface area (Å²) in [6.07, 6.45) is 10.8. The lowest BCUT2D eigenvalue weighted by Crippen LogP contribution is -2.48. The standard InChI is InChI=1S/C23H28N6O2/c1-28-6-4-19(5-7-28)29-8-2-16(3-9-29)23(30)27-22-11-17-10-20(21-14-24-15-31-21)25-12-18(17)13-26-22/h10-16,19H,2-9H2,1H3,(H,26,27,30). The lowest BCUT2D eigenvalue weighted by atomic mass is 9.93. The van der Waals surface area contributed by atoms with Gasteiger partial charge in [0.05, 0.1) is 6.20 Å².